The molecule has 9 nitrogen and oxygen atoms in total. The molecule has 0 aliphatic carbocycles. The van der Waals surface area contributed by atoms with Crippen molar-refractivity contribution in [3.63, 3.8) is 0 Å². The van der Waals surface area contributed by atoms with Crippen LogP contribution in [0.3, 0.4) is 0 Å². The minimum absolute atomic E-state index is 0.174. The van der Waals surface area contributed by atoms with E-state index in [-0.39, 0.29) is 10.7 Å². The van der Waals surface area contributed by atoms with E-state index in [9.17, 15) is 18.5 Å². The molecule has 0 fully saturated rings. The number of aryl methyl sites for hydroxylation is 1. The van der Waals surface area contributed by atoms with Gasteiger partial charge in [-0.3, -0.25) is 9.82 Å². The lowest BCUT2D eigenvalue weighted by Gasteiger charge is -2.05. The van der Waals surface area contributed by atoms with E-state index in [1.54, 1.807) is 6.92 Å². The van der Waals surface area contributed by atoms with Crippen molar-refractivity contribution in [3.05, 3.63) is 40.2 Å². The lowest BCUT2D eigenvalue weighted by molar-refractivity contribution is -0.389. The van der Waals surface area contributed by atoms with E-state index >= 15 is 0 Å². The molecule has 2 heterocycles. The predicted molar refractivity (Wildman–Crippen MR) is 65.0 cm³/mol. The Morgan fingerprint density at radius 1 is 1.37 bits per heavy atom. The van der Waals surface area contributed by atoms with Gasteiger partial charge in [0.2, 0.25) is 0 Å². The highest BCUT2D eigenvalue weighted by Crippen LogP contribution is 2.17. The number of H-pyrrole nitrogens is 1. The second-order valence-corrected chi connectivity index (χ2v) is 5.33. The number of nitrogens with one attached hydrogen (secondary N) is 2. The smallest absolute Gasteiger partial charge is 0.358 e. The molecule has 0 saturated carbocycles. The third-order valence-corrected chi connectivity index (χ3v) is 3.62. The molecular weight excluding hydrogens is 274 g/mol. The standard InChI is InChI=1S/C9H9N5O4S/c1-6-4-11-12-9(6)13-19(17,18)7-2-3-8(10-5-7)14(15)16/h2-5H,1H3,(H2,11,12,13). The number of hydrogen-bond acceptors (Lipinski definition) is 6. The number of anilines is 1. The number of nitro groups is 1. The fourth-order valence-corrected chi connectivity index (χ4v) is 2.31. The molecule has 0 radical (unpaired) electrons. The maximum atomic E-state index is 12.0. The molecule has 0 aliphatic rings. The molecule has 0 atom stereocenters. The Bertz CT molecular complexity index is 706. The largest absolute Gasteiger partial charge is 0.363 e. The van der Waals surface area contributed by atoms with Crippen LogP contribution in [0.25, 0.3) is 0 Å². The van der Waals surface area contributed by atoms with Gasteiger partial charge in [-0.25, -0.2) is 8.42 Å². The number of nitrogens with zero attached hydrogens (tertiary/aromatic N) is 3. The van der Waals surface area contributed by atoms with Crippen LogP contribution in [-0.4, -0.2) is 28.5 Å². The molecule has 0 unspecified atom stereocenters. The summed E-state index contributed by atoms with van der Waals surface area (Å²) in [4.78, 5) is 13.0. The molecule has 0 amide bonds. The van der Waals surface area contributed by atoms with Crippen molar-refractivity contribution in [2.75, 3.05) is 4.72 Å². The molecule has 0 aliphatic heterocycles. The van der Waals surface area contributed by atoms with Crippen molar-refractivity contribution in [2.24, 2.45) is 0 Å². The number of pyridine rings is 1. The Morgan fingerprint density at radius 3 is 2.58 bits per heavy atom. The van der Waals surface area contributed by atoms with Crippen LogP contribution < -0.4 is 4.72 Å². The van der Waals surface area contributed by atoms with E-state index in [1.165, 1.54) is 6.20 Å². The molecule has 2 rings (SSSR count). The molecule has 100 valence electrons. The molecule has 0 spiro atoms. The van der Waals surface area contributed by atoms with Gasteiger partial charge in [-0.1, -0.05) is 0 Å². The molecule has 10 heteroatoms. The van der Waals surface area contributed by atoms with Crippen molar-refractivity contribution in [1.82, 2.24) is 15.2 Å². The normalized spacial score (nSPS) is 11.2. The Labute approximate surface area is 107 Å². The SMILES string of the molecule is Cc1cn[nH]c1NS(=O)(=O)c1ccc([N+](=O)[O-])nc1. The zero-order valence-corrected chi connectivity index (χ0v) is 10.5. The summed E-state index contributed by atoms with van der Waals surface area (Å²) in [6.45, 7) is 1.68. The van der Waals surface area contributed by atoms with Crippen LogP contribution in [0, 0.1) is 17.0 Å². The Balaban J connectivity index is 2.29. The van der Waals surface area contributed by atoms with E-state index in [2.05, 4.69) is 19.9 Å². The number of rotatable bonds is 4. The van der Waals surface area contributed by atoms with Crippen molar-refractivity contribution in [1.29, 1.82) is 0 Å². The summed E-state index contributed by atoms with van der Waals surface area (Å²) < 4.78 is 26.2. The summed E-state index contributed by atoms with van der Waals surface area (Å²) in [5.74, 6) is -0.185. The summed E-state index contributed by atoms with van der Waals surface area (Å²) in [6, 6.07) is 2.13. The van der Waals surface area contributed by atoms with Crippen LogP contribution in [0.15, 0.2) is 29.4 Å². The molecule has 0 saturated heterocycles. The van der Waals surface area contributed by atoms with Crippen LogP contribution in [0.2, 0.25) is 0 Å². The van der Waals surface area contributed by atoms with Crippen LogP contribution in [0.4, 0.5) is 11.6 Å². The molecule has 0 bridgehead atoms. The highest BCUT2D eigenvalue weighted by atomic mass is 32.2. The molecule has 19 heavy (non-hydrogen) atoms. The average molecular weight is 283 g/mol. The number of hydrogen-bond donors (Lipinski definition) is 2. The van der Waals surface area contributed by atoms with E-state index in [0.29, 0.717) is 5.56 Å². The van der Waals surface area contributed by atoms with Gasteiger partial charge in [-0.05, 0) is 22.9 Å². The monoisotopic (exact) mass is 283 g/mol. The minimum atomic E-state index is -3.85. The predicted octanol–water partition coefficient (Wildman–Crippen LogP) is 0.822. The Hall–Kier alpha value is -2.49. The first-order valence-electron chi connectivity index (χ1n) is 5.03. The third kappa shape index (κ3) is 2.68. The van der Waals surface area contributed by atoms with E-state index in [1.807, 2.05) is 0 Å². The maximum Gasteiger partial charge on any atom is 0.363 e. The van der Waals surface area contributed by atoms with Crippen LogP contribution in [0.5, 0.6) is 0 Å². The lowest BCUT2D eigenvalue weighted by atomic mass is 10.4. The summed E-state index contributed by atoms with van der Waals surface area (Å²) in [5, 5.41) is 16.6. The fraction of sp³-hybridized carbons (Fsp3) is 0.111. The van der Waals surface area contributed by atoms with Crippen molar-refractivity contribution in [3.8, 4) is 0 Å². The first-order chi connectivity index (χ1) is 8.90. The van der Waals surface area contributed by atoms with E-state index in [0.717, 1.165) is 18.3 Å². The molecular formula is C9H9N5O4S. The molecule has 2 aromatic heterocycles. The lowest BCUT2D eigenvalue weighted by Crippen LogP contribution is -2.14. The van der Waals surface area contributed by atoms with Gasteiger partial charge in [-0.15, -0.1) is 0 Å². The van der Waals surface area contributed by atoms with E-state index < -0.39 is 20.8 Å². The van der Waals surface area contributed by atoms with Gasteiger partial charge in [-0.2, -0.15) is 5.10 Å². The average Bonchev–Trinajstić information content (AvgIpc) is 2.74. The van der Waals surface area contributed by atoms with Crippen LogP contribution in [-0.2, 0) is 10.0 Å². The van der Waals surface area contributed by atoms with Gasteiger partial charge in [0, 0.05) is 11.6 Å². The van der Waals surface area contributed by atoms with Gasteiger partial charge in [0.05, 0.1) is 6.20 Å². The summed E-state index contributed by atoms with van der Waals surface area (Å²) in [5.41, 5.74) is 0.624. The third-order valence-electron chi connectivity index (χ3n) is 2.28. The van der Waals surface area contributed by atoms with Gasteiger partial charge in [0.15, 0.2) is 6.20 Å². The van der Waals surface area contributed by atoms with Gasteiger partial charge < -0.3 is 10.1 Å². The van der Waals surface area contributed by atoms with Crippen LogP contribution in [0.1, 0.15) is 5.56 Å². The zero-order chi connectivity index (χ0) is 14.0. The molecule has 0 aromatic carbocycles. The highest BCUT2D eigenvalue weighted by molar-refractivity contribution is 7.92. The first-order valence-corrected chi connectivity index (χ1v) is 6.52. The minimum Gasteiger partial charge on any atom is -0.358 e. The number of aromatic nitrogens is 3. The fourth-order valence-electron chi connectivity index (χ4n) is 1.28. The van der Waals surface area contributed by atoms with Gasteiger partial charge >= 0.3 is 5.82 Å². The maximum absolute atomic E-state index is 12.0. The second kappa shape index (κ2) is 4.65. The summed E-state index contributed by atoms with van der Waals surface area (Å²) in [6.07, 6.45) is 2.39. The van der Waals surface area contributed by atoms with Crippen molar-refractivity contribution < 1.29 is 13.3 Å². The molecule has 2 N–H and O–H groups in total. The van der Waals surface area contributed by atoms with Gasteiger partial charge in [0.1, 0.15) is 10.7 Å². The Morgan fingerprint density at radius 2 is 2.11 bits per heavy atom. The summed E-state index contributed by atoms with van der Waals surface area (Å²) in [7, 11) is -3.85. The Kier molecular flexibility index (Phi) is 3.17. The number of sulfonamides is 1. The highest BCUT2D eigenvalue weighted by Gasteiger charge is 2.19. The van der Waals surface area contributed by atoms with Crippen molar-refractivity contribution in [2.45, 2.75) is 11.8 Å². The zero-order valence-electron chi connectivity index (χ0n) is 9.69. The number of aromatic amines is 1. The van der Waals surface area contributed by atoms with Crippen molar-refractivity contribution >= 4 is 21.7 Å². The van der Waals surface area contributed by atoms with E-state index in [4.69, 9.17) is 0 Å². The summed E-state index contributed by atoms with van der Waals surface area (Å²) >= 11 is 0. The second-order valence-electron chi connectivity index (χ2n) is 3.64. The topological polar surface area (TPSA) is 131 Å². The quantitative estimate of drug-likeness (QED) is 0.630. The molecule has 2 aromatic rings. The first kappa shape index (κ1) is 13.0. The van der Waals surface area contributed by atoms with Gasteiger partial charge in [0.25, 0.3) is 10.0 Å². The van der Waals surface area contributed by atoms with Crippen LogP contribution >= 0.6 is 0 Å².